The van der Waals surface area contributed by atoms with Gasteiger partial charge in [0.2, 0.25) is 0 Å². The van der Waals surface area contributed by atoms with Crippen molar-refractivity contribution in [1.29, 1.82) is 0 Å². The molecule has 0 aliphatic carbocycles. The van der Waals surface area contributed by atoms with E-state index >= 15 is 0 Å². The zero-order valence-electron chi connectivity index (χ0n) is 14.0. The Bertz CT molecular complexity index is 724. The van der Waals surface area contributed by atoms with Gasteiger partial charge in [-0.15, -0.1) is 0 Å². The van der Waals surface area contributed by atoms with Gasteiger partial charge in [0, 0.05) is 42.6 Å². The lowest BCUT2D eigenvalue weighted by Gasteiger charge is -2.33. The van der Waals surface area contributed by atoms with Crippen LogP contribution >= 0.6 is 11.6 Å². The van der Waals surface area contributed by atoms with Gasteiger partial charge in [0.05, 0.1) is 5.56 Å². The highest BCUT2D eigenvalue weighted by atomic mass is 35.5. The number of amides is 1. The van der Waals surface area contributed by atoms with Crippen LogP contribution in [0, 0.1) is 5.92 Å². The molecule has 1 aromatic carbocycles. The lowest BCUT2D eigenvalue weighted by atomic mass is 9.97. The summed E-state index contributed by atoms with van der Waals surface area (Å²) in [5.74, 6) is 0.588. The molecule has 1 aromatic heterocycles. The summed E-state index contributed by atoms with van der Waals surface area (Å²) in [7, 11) is 0. The highest BCUT2D eigenvalue weighted by Gasteiger charge is 2.21. The Hall–Kier alpha value is -2.11. The van der Waals surface area contributed by atoms with E-state index in [1.54, 1.807) is 36.7 Å². The molecule has 0 unspecified atom stereocenters. The third-order valence-electron chi connectivity index (χ3n) is 4.51. The number of aromatic nitrogens is 1. The summed E-state index contributed by atoms with van der Waals surface area (Å²) in [4.78, 5) is 18.4. The minimum absolute atomic E-state index is 0.0855. The molecule has 0 saturated carbocycles. The number of carbonyl (C=O) groups is 1. The number of halogens is 1. The Morgan fingerprint density at radius 2 is 2.28 bits per heavy atom. The van der Waals surface area contributed by atoms with E-state index in [9.17, 15) is 9.90 Å². The molecule has 2 heterocycles. The molecule has 2 aromatic rings. The Balaban J connectivity index is 1.53. The summed E-state index contributed by atoms with van der Waals surface area (Å²) in [6, 6.07) is 8.65. The zero-order valence-corrected chi connectivity index (χ0v) is 14.7. The van der Waals surface area contributed by atoms with Gasteiger partial charge in [0.1, 0.15) is 5.75 Å². The number of nitrogens with zero attached hydrogens (tertiary/aromatic N) is 2. The lowest BCUT2D eigenvalue weighted by molar-refractivity contribution is 0.0930. The number of hydrogen-bond acceptors (Lipinski definition) is 4. The van der Waals surface area contributed by atoms with Crippen LogP contribution in [0.25, 0.3) is 0 Å². The quantitative estimate of drug-likeness (QED) is 0.861. The second kappa shape index (κ2) is 8.32. The van der Waals surface area contributed by atoms with Crippen LogP contribution in [0.1, 0.15) is 28.8 Å². The SMILES string of the molecule is O=C(NC[C@H]1CCCN(Cc2cc(Cl)ccc2O)C1)c1cccnc1. The van der Waals surface area contributed by atoms with Crippen LogP contribution < -0.4 is 5.32 Å². The van der Waals surface area contributed by atoms with Crippen LogP contribution in [0.15, 0.2) is 42.7 Å². The molecular weight excluding hydrogens is 338 g/mol. The Morgan fingerprint density at radius 3 is 3.08 bits per heavy atom. The highest BCUT2D eigenvalue weighted by Crippen LogP contribution is 2.25. The van der Waals surface area contributed by atoms with E-state index in [1.807, 2.05) is 6.07 Å². The van der Waals surface area contributed by atoms with Crippen LogP contribution in [0.3, 0.4) is 0 Å². The average molecular weight is 360 g/mol. The predicted molar refractivity (Wildman–Crippen MR) is 97.7 cm³/mol. The summed E-state index contributed by atoms with van der Waals surface area (Å²) in [5.41, 5.74) is 1.42. The first kappa shape index (κ1) is 17.7. The van der Waals surface area contributed by atoms with Gasteiger partial charge in [0.25, 0.3) is 5.91 Å². The third-order valence-corrected chi connectivity index (χ3v) is 4.75. The van der Waals surface area contributed by atoms with E-state index in [-0.39, 0.29) is 11.7 Å². The van der Waals surface area contributed by atoms with Gasteiger partial charge in [-0.25, -0.2) is 0 Å². The van der Waals surface area contributed by atoms with Crippen molar-refractivity contribution in [2.45, 2.75) is 19.4 Å². The van der Waals surface area contributed by atoms with E-state index in [2.05, 4.69) is 15.2 Å². The van der Waals surface area contributed by atoms with Crippen molar-refractivity contribution in [3.05, 3.63) is 58.9 Å². The zero-order chi connectivity index (χ0) is 17.6. The van der Waals surface area contributed by atoms with Gasteiger partial charge < -0.3 is 10.4 Å². The first-order chi connectivity index (χ1) is 12.1. The van der Waals surface area contributed by atoms with Gasteiger partial charge in [-0.1, -0.05) is 11.6 Å². The molecule has 6 heteroatoms. The van der Waals surface area contributed by atoms with Crippen LogP contribution in [0.5, 0.6) is 5.75 Å². The number of carbonyl (C=O) groups excluding carboxylic acids is 1. The van der Waals surface area contributed by atoms with E-state index in [4.69, 9.17) is 11.6 Å². The molecule has 1 fully saturated rings. The number of rotatable bonds is 5. The molecule has 5 nitrogen and oxygen atoms in total. The van der Waals surface area contributed by atoms with Crippen molar-refractivity contribution >= 4 is 17.5 Å². The second-order valence-corrected chi connectivity index (χ2v) is 6.90. The summed E-state index contributed by atoms with van der Waals surface area (Å²) < 4.78 is 0. The van der Waals surface area contributed by atoms with Crippen molar-refractivity contribution < 1.29 is 9.90 Å². The van der Waals surface area contributed by atoms with Crippen molar-refractivity contribution in [2.24, 2.45) is 5.92 Å². The highest BCUT2D eigenvalue weighted by molar-refractivity contribution is 6.30. The number of phenolic OH excluding ortho intramolecular Hbond substituents is 1. The normalized spacial score (nSPS) is 18.0. The van der Waals surface area contributed by atoms with Gasteiger partial charge in [-0.2, -0.15) is 0 Å². The van der Waals surface area contributed by atoms with E-state index in [0.29, 0.717) is 29.6 Å². The number of benzene rings is 1. The fraction of sp³-hybridized carbons (Fsp3) is 0.368. The number of hydrogen-bond donors (Lipinski definition) is 2. The number of piperidine rings is 1. The molecule has 0 spiro atoms. The maximum absolute atomic E-state index is 12.1. The van der Waals surface area contributed by atoms with E-state index in [1.165, 1.54) is 0 Å². The first-order valence-corrected chi connectivity index (χ1v) is 8.87. The van der Waals surface area contributed by atoms with E-state index < -0.39 is 0 Å². The molecule has 1 aliphatic heterocycles. The Morgan fingerprint density at radius 1 is 1.40 bits per heavy atom. The molecule has 1 aliphatic rings. The maximum atomic E-state index is 12.1. The molecule has 0 bridgehead atoms. The molecule has 2 N–H and O–H groups in total. The maximum Gasteiger partial charge on any atom is 0.252 e. The van der Waals surface area contributed by atoms with Crippen LogP contribution in [-0.4, -0.2) is 40.5 Å². The van der Waals surface area contributed by atoms with Crippen LogP contribution in [-0.2, 0) is 6.54 Å². The smallest absolute Gasteiger partial charge is 0.252 e. The Labute approximate surface area is 152 Å². The standard InChI is InChI=1S/C19H22ClN3O2/c20-17-5-6-18(24)16(9-17)13-23-8-2-3-14(12-23)10-22-19(25)15-4-1-7-21-11-15/h1,4-7,9,11,14,24H,2-3,8,10,12-13H2,(H,22,25)/t14-/m1/s1. The summed E-state index contributed by atoms with van der Waals surface area (Å²) in [6.45, 7) is 3.18. The van der Waals surface area contributed by atoms with Crippen molar-refractivity contribution in [1.82, 2.24) is 15.2 Å². The van der Waals surface area contributed by atoms with Crippen LogP contribution in [0.4, 0.5) is 0 Å². The second-order valence-electron chi connectivity index (χ2n) is 6.47. The number of likely N-dealkylation sites (tertiary alicyclic amines) is 1. The lowest BCUT2D eigenvalue weighted by Crippen LogP contribution is -2.40. The fourth-order valence-electron chi connectivity index (χ4n) is 3.22. The largest absolute Gasteiger partial charge is 0.508 e. The van der Waals surface area contributed by atoms with Gasteiger partial charge in [-0.05, 0) is 55.6 Å². The molecule has 0 radical (unpaired) electrons. The summed E-state index contributed by atoms with van der Waals surface area (Å²) in [5, 5.41) is 13.6. The predicted octanol–water partition coefficient (Wildman–Crippen LogP) is 3.08. The number of aromatic hydroxyl groups is 1. The molecular formula is C19H22ClN3O2. The van der Waals surface area contributed by atoms with Gasteiger partial charge >= 0.3 is 0 Å². The summed E-state index contributed by atoms with van der Waals surface area (Å²) in [6.07, 6.45) is 5.39. The molecule has 3 rings (SSSR count). The topological polar surface area (TPSA) is 65.5 Å². The Kier molecular flexibility index (Phi) is 5.89. The van der Waals surface area contributed by atoms with E-state index in [0.717, 1.165) is 31.5 Å². The number of nitrogens with one attached hydrogen (secondary N) is 1. The van der Waals surface area contributed by atoms with Crippen molar-refractivity contribution in [3.8, 4) is 5.75 Å². The third kappa shape index (κ3) is 4.94. The molecule has 25 heavy (non-hydrogen) atoms. The first-order valence-electron chi connectivity index (χ1n) is 8.50. The molecule has 1 amide bonds. The van der Waals surface area contributed by atoms with Crippen LogP contribution in [0.2, 0.25) is 5.02 Å². The van der Waals surface area contributed by atoms with Crippen molar-refractivity contribution in [2.75, 3.05) is 19.6 Å². The minimum atomic E-state index is -0.0855. The molecule has 132 valence electrons. The fourth-order valence-corrected chi connectivity index (χ4v) is 3.41. The van der Waals surface area contributed by atoms with Gasteiger partial charge in [-0.3, -0.25) is 14.7 Å². The number of phenols is 1. The summed E-state index contributed by atoms with van der Waals surface area (Å²) >= 11 is 6.02. The molecule has 1 atom stereocenters. The monoisotopic (exact) mass is 359 g/mol. The minimum Gasteiger partial charge on any atom is -0.508 e. The number of pyridine rings is 1. The average Bonchev–Trinajstić information content (AvgIpc) is 2.64. The molecule has 1 saturated heterocycles. The van der Waals surface area contributed by atoms with Gasteiger partial charge in [0.15, 0.2) is 0 Å². The van der Waals surface area contributed by atoms with Crippen molar-refractivity contribution in [3.63, 3.8) is 0 Å².